The van der Waals surface area contributed by atoms with Crippen molar-refractivity contribution >= 4 is 33.5 Å². The number of nitrogens with one attached hydrogen (secondary N) is 1. The number of esters is 1. The standard InChI is InChI=1S/C18H18BrNO4/c1-3-12-5-4-6-14(9-12)20-17(21)11-24-18(22)13-7-8-16(23-2)15(19)10-13/h4-10H,3,11H2,1-2H3,(H,20,21). The monoisotopic (exact) mass is 391 g/mol. The average molecular weight is 392 g/mol. The first kappa shape index (κ1) is 18.0. The lowest BCUT2D eigenvalue weighted by Crippen LogP contribution is -2.21. The first-order valence-electron chi connectivity index (χ1n) is 7.43. The normalized spacial score (nSPS) is 10.1. The molecule has 0 spiro atoms. The Bertz CT molecular complexity index is 746. The van der Waals surface area contributed by atoms with E-state index in [1.54, 1.807) is 24.3 Å². The Labute approximate surface area is 149 Å². The van der Waals surface area contributed by atoms with Gasteiger partial charge in [0.15, 0.2) is 6.61 Å². The molecule has 2 aromatic rings. The lowest BCUT2D eigenvalue weighted by atomic mass is 10.1. The van der Waals surface area contributed by atoms with E-state index < -0.39 is 5.97 Å². The Morgan fingerprint density at radius 2 is 1.96 bits per heavy atom. The molecule has 0 aliphatic heterocycles. The number of halogens is 1. The molecule has 0 bridgehead atoms. The molecule has 0 saturated carbocycles. The molecule has 126 valence electrons. The second-order valence-electron chi connectivity index (χ2n) is 5.03. The summed E-state index contributed by atoms with van der Waals surface area (Å²) in [6.45, 7) is 1.69. The minimum atomic E-state index is -0.573. The third-order valence-electron chi connectivity index (χ3n) is 3.34. The molecule has 0 radical (unpaired) electrons. The van der Waals surface area contributed by atoms with Crippen LogP contribution in [0, 0.1) is 0 Å². The molecular formula is C18H18BrNO4. The highest BCUT2D eigenvalue weighted by Crippen LogP contribution is 2.25. The van der Waals surface area contributed by atoms with E-state index >= 15 is 0 Å². The Hall–Kier alpha value is -2.34. The maximum absolute atomic E-state index is 12.0. The molecule has 0 saturated heterocycles. The predicted molar refractivity (Wildman–Crippen MR) is 95.4 cm³/mol. The van der Waals surface area contributed by atoms with Crippen molar-refractivity contribution in [2.45, 2.75) is 13.3 Å². The van der Waals surface area contributed by atoms with Crippen molar-refractivity contribution in [1.29, 1.82) is 0 Å². The van der Waals surface area contributed by atoms with Crippen LogP contribution in [0.15, 0.2) is 46.9 Å². The number of anilines is 1. The molecule has 0 fully saturated rings. The van der Waals surface area contributed by atoms with E-state index in [0.29, 0.717) is 21.5 Å². The Morgan fingerprint density at radius 3 is 2.62 bits per heavy atom. The summed E-state index contributed by atoms with van der Waals surface area (Å²) in [5.41, 5.74) is 2.14. The highest BCUT2D eigenvalue weighted by atomic mass is 79.9. The van der Waals surface area contributed by atoms with E-state index in [9.17, 15) is 9.59 Å². The van der Waals surface area contributed by atoms with Crippen molar-refractivity contribution in [3.63, 3.8) is 0 Å². The van der Waals surface area contributed by atoms with Crippen LogP contribution in [0.25, 0.3) is 0 Å². The van der Waals surface area contributed by atoms with Gasteiger partial charge in [-0.15, -0.1) is 0 Å². The maximum atomic E-state index is 12.0. The molecule has 24 heavy (non-hydrogen) atoms. The third kappa shape index (κ3) is 4.83. The number of carbonyl (C=O) groups is 2. The Balaban J connectivity index is 1.91. The van der Waals surface area contributed by atoms with E-state index in [1.165, 1.54) is 7.11 Å². The summed E-state index contributed by atoms with van der Waals surface area (Å²) < 4.78 is 10.8. The van der Waals surface area contributed by atoms with Gasteiger partial charge in [0.2, 0.25) is 0 Å². The quantitative estimate of drug-likeness (QED) is 0.760. The summed E-state index contributed by atoms with van der Waals surface area (Å²) in [5, 5.41) is 2.71. The molecule has 0 aliphatic carbocycles. The number of hydrogen-bond acceptors (Lipinski definition) is 4. The molecule has 1 N–H and O–H groups in total. The summed E-state index contributed by atoms with van der Waals surface area (Å²) in [4.78, 5) is 23.9. The highest BCUT2D eigenvalue weighted by Gasteiger charge is 2.12. The fraction of sp³-hybridized carbons (Fsp3) is 0.222. The van der Waals surface area contributed by atoms with Crippen molar-refractivity contribution in [3.8, 4) is 5.75 Å². The number of rotatable bonds is 6. The van der Waals surface area contributed by atoms with Gasteiger partial charge in [0.25, 0.3) is 5.91 Å². The van der Waals surface area contributed by atoms with Crippen molar-refractivity contribution in [2.24, 2.45) is 0 Å². The lowest BCUT2D eigenvalue weighted by Gasteiger charge is -2.09. The molecule has 2 aromatic carbocycles. The number of ether oxygens (including phenoxy) is 2. The zero-order valence-corrected chi connectivity index (χ0v) is 15.1. The number of hydrogen-bond donors (Lipinski definition) is 1. The van der Waals surface area contributed by atoms with Crippen LogP contribution in [0.1, 0.15) is 22.8 Å². The number of carbonyl (C=O) groups excluding carboxylic acids is 2. The van der Waals surface area contributed by atoms with Crippen LogP contribution in [0.3, 0.4) is 0 Å². The molecule has 5 nitrogen and oxygen atoms in total. The van der Waals surface area contributed by atoms with Crippen LogP contribution in [0.2, 0.25) is 0 Å². The van der Waals surface area contributed by atoms with Gasteiger partial charge in [-0.3, -0.25) is 4.79 Å². The number of amides is 1. The van der Waals surface area contributed by atoms with Gasteiger partial charge in [-0.2, -0.15) is 0 Å². The first-order valence-corrected chi connectivity index (χ1v) is 8.22. The van der Waals surface area contributed by atoms with Gasteiger partial charge in [-0.25, -0.2) is 4.79 Å². The average Bonchev–Trinajstić information content (AvgIpc) is 2.59. The molecule has 0 atom stereocenters. The summed E-state index contributed by atoms with van der Waals surface area (Å²) >= 11 is 3.30. The topological polar surface area (TPSA) is 64.6 Å². The van der Waals surface area contributed by atoms with Crippen LogP contribution < -0.4 is 10.1 Å². The van der Waals surface area contributed by atoms with Gasteiger partial charge in [-0.05, 0) is 58.2 Å². The van der Waals surface area contributed by atoms with E-state index in [2.05, 4.69) is 21.2 Å². The fourth-order valence-electron chi connectivity index (χ4n) is 2.07. The molecular weight excluding hydrogens is 374 g/mol. The van der Waals surface area contributed by atoms with Crippen LogP contribution in [-0.4, -0.2) is 25.6 Å². The summed E-state index contributed by atoms with van der Waals surface area (Å²) in [6.07, 6.45) is 0.880. The molecule has 0 heterocycles. The first-order chi connectivity index (χ1) is 11.5. The zero-order chi connectivity index (χ0) is 17.5. The van der Waals surface area contributed by atoms with E-state index in [4.69, 9.17) is 9.47 Å². The Morgan fingerprint density at radius 1 is 1.17 bits per heavy atom. The molecule has 6 heteroatoms. The van der Waals surface area contributed by atoms with Gasteiger partial charge < -0.3 is 14.8 Å². The van der Waals surface area contributed by atoms with Crippen LogP contribution in [0.4, 0.5) is 5.69 Å². The molecule has 0 aromatic heterocycles. The summed E-state index contributed by atoms with van der Waals surface area (Å²) in [6, 6.07) is 12.3. The fourth-order valence-corrected chi connectivity index (χ4v) is 2.61. The van der Waals surface area contributed by atoms with Gasteiger partial charge >= 0.3 is 5.97 Å². The third-order valence-corrected chi connectivity index (χ3v) is 3.96. The number of benzene rings is 2. The van der Waals surface area contributed by atoms with Crippen LogP contribution in [0.5, 0.6) is 5.75 Å². The summed E-state index contributed by atoms with van der Waals surface area (Å²) in [5.74, 6) is -0.347. The van der Waals surface area contributed by atoms with Crippen molar-refractivity contribution < 1.29 is 19.1 Å². The second kappa shape index (κ2) is 8.49. The maximum Gasteiger partial charge on any atom is 0.338 e. The summed E-state index contributed by atoms with van der Waals surface area (Å²) in [7, 11) is 1.54. The van der Waals surface area contributed by atoms with Crippen molar-refractivity contribution in [3.05, 3.63) is 58.1 Å². The Kier molecular flexibility index (Phi) is 6.37. The molecule has 1 amide bonds. The van der Waals surface area contributed by atoms with Crippen molar-refractivity contribution in [1.82, 2.24) is 0 Å². The highest BCUT2D eigenvalue weighted by molar-refractivity contribution is 9.10. The van der Waals surface area contributed by atoms with Crippen LogP contribution in [-0.2, 0) is 16.0 Å². The SMILES string of the molecule is CCc1cccc(NC(=O)COC(=O)c2ccc(OC)c(Br)c2)c1. The van der Waals surface area contributed by atoms with Gasteiger partial charge in [0.1, 0.15) is 5.75 Å². The van der Waals surface area contributed by atoms with Crippen molar-refractivity contribution in [2.75, 3.05) is 19.0 Å². The molecule has 0 unspecified atom stereocenters. The van der Waals surface area contributed by atoms with E-state index in [0.717, 1.165) is 12.0 Å². The smallest absolute Gasteiger partial charge is 0.338 e. The minimum Gasteiger partial charge on any atom is -0.496 e. The zero-order valence-electron chi connectivity index (χ0n) is 13.5. The number of methoxy groups -OCH3 is 1. The molecule has 0 aliphatic rings. The van der Waals surface area contributed by atoms with Gasteiger partial charge in [-0.1, -0.05) is 19.1 Å². The predicted octanol–water partition coefficient (Wildman–Crippen LogP) is 3.82. The lowest BCUT2D eigenvalue weighted by molar-refractivity contribution is -0.119. The van der Waals surface area contributed by atoms with Gasteiger partial charge in [0, 0.05) is 5.69 Å². The number of aryl methyl sites for hydroxylation is 1. The van der Waals surface area contributed by atoms with E-state index in [1.807, 2.05) is 25.1 Å². The molecule has 2 rings (SSSR count). The largest absolute Gasteiger partial charge is 0.496 e. The minimum absolute atomic E-state index is 0.337. The van der Waals surface area contributed by atoms with Crippen LogP contribution >= 0.6 is 15.9 Å². The van der Waals surface area contributed by atoms with E-state index in [-0.39, 0.29) is 12.5 Å². The second-order valence-corrected chi connectivity index (χ2v) is 5.88. The van der Waals surface area contributed by atoms with Gasteiger partial charge in [0.05, 0.1) is 17.1 Å².